The molecule has 0 radical (unpaired) electrons. The number of nitrogens with one attached hydrogen (secondary N) is 2. The van der Waals surface area contributed by atoms with Crippen molar-refractivity contribution in [2.24, 2.45) is 0 Å². The normalized spacial score (nSPS) is 11.0. The van der Waals surface area contributed by atoms with Crippen LogP contribution in [0.15, 0.2) is 36.4 Å². The van der Waals surface area contributed by atoms with E-state index in [0.717, 1.165) is 30.3 Å². The Balaban J connectivity index is 1.90. The molecule has 0 atom stereocenters. The van der Waals surface area contributed by atoms with Gasteiger partial charge in [-0.05, 0) is 30.3 Å². The summed E-state index contributed by atoms with van der Waals surface area (Å²) in [4.78, 5) is 23.5. The van der Waals surface area contributed by atoms with E-state index in [-0.39, 0.29) is 21.4 Å². The Hall–Kier alpha value is -2.52. The summed E-state index contributed by atoms with van der Waals surface area (Å²) in [6.07, 6.45) is -4.55. The maximum atomic E-state index is 13.4. The van der Waals surface area contributed by atoms with Crippen LogP contribution in [0.2, 0.25) is 10.0 Å². The minimum absolute atomic E-state index is 0.145. The highest BCUT2D eigenvalue weighted by Crippen LogP contribution is 2.31. The summed E-state index contributed by atoms with van der Waals surface area (Å²) < 4.78 is 56.1. The van der Waals surface area contributed by atoms with Gasteiger partial charge in [-0.2, -0.15) is 13.2 Å². The van der Waals surface area contributed by atoms with Crippen LogP contribution in [0.25, 0.3) is 0 Å². The number of rotatable bonds is 4. The summed E-state index contributed by atoms with van der Waals surface area (Å²) in [5.74, 6) is -2.87. The second-order valence-corrected chi connectivity index (χ2v) is 5.88. The van der Waals surface area contributed by atoms with E-state index in [1.807, 2.05) is 10.9 Å². The lowest BCUT2D eigenvalue weighted by molar-refractivity contribution is -0.137. The largest absolute Gasteiger partial charge is 0.484 e. The third-order valence-corrected chi connectivity index (χ3v) is 3.70. The molecule has 0 spiro atoms. The van der Waals surface area contributed by atoms with Crippen molar-refractivity contribution >= 4 is 35.0 Å². The lowest BCUT2D eigenvalue weighted by Gasteiger charge is -2.11. The molecule has 0 saturated carbocycles. The minimum Gasteiger partial charge on any atom is -0.484 e. The van der Waals surface area contributed by atoms with Crippen LogP contribution in [0, 0.1) is 5.82 Å². The summed E-state index contributed by atoms with van der Waals surface area (Å²) in [7, 11) is 0. The molecule has 2 aromatic carbocycles. The number of hydrogen-bond donors (Lipinski definition) is 2. The van der Waals surface area contributed by atoms with Crippen molar-refractivity contribution in [2.45, 2.75) is 6.18 Å². The molecule has 0 saturated heterocycles. The molecule has 2 amide bonds. The first-order valence-electron chi connectivity index (χ1n) is 7.11. The fraction of sp³-hybridized carbons (Fsp3) is 0.125. The summed E-state index contributed by atoms with van der Waals surface area (Å²) in [5, 5.41) is -0.427. The first kappa shape index (κ1) is 20.8. The molecular weight excluding hydrogens is 415 g/mol. The van der Waals surface area contributed by atoms with E-state index in [9.17, 15) is 27.2 Å². The lowest BCUT2D eigenvalue weighted by atomic mass is 10.2. The van der Waals surface area contributed by atoms with Crippen LogP contribution in [0.1, 0.15) is 15.9 Å². The molecule has 0 aliphatic rings. The average molecular weight is 425 g/mol. The standard InChI is InChI=1S/C16H10Cl2F4N2O3/c17-11-6-12(18)13(19)5-10(11)15(26)24-23-14(25)7-27-9-3-1-2-8(4-9)16(20,21)22/h1-6H,7H2,(H,23,25)(H,24,26). The van der Waals surface area contributed by atoms with Gasteiger partial charge in [-0.3, -0.25) is 20.4 Å². The van der Waals surface area contributed by atoms with Gasteiger partial charge in [-0.25, -0.2) is 4.39 Å². The highest BCUT2D eigenvalue weighted by Gasteiger charge is 2.30. The van der Waals surface area contributed by atoms with E-state index < -0.39 is 36.0 Å². The van der Waals surface area contributed by atoms with Crippen molar-refractivity contribution in [1.82, 2.24) is 10.9 Å². The van der Waals surface area contributed by atoms with E-state index in [0.29, 0.717) is 0 Å². The van der Waals surface area contributed by atoms with E-state index in [2.05, 4.69) is 0 Å². The molecule has 144 valence electrons. The molecule has 27 heavy (non-hydrogen) atoms. The van der Waals surface area contributed by atoms with Crippen LogP contribution >= 0.6 is 23.2 Å². The van der Waals surface area contributed by atoms with Gasteiger partial charge in [0.1, 0.15) is 11.6 Å². The van der Waals surface area contributed by atoms with Crippen LogP contribution in [-0.4, -0.2) is 18.4 Å². The lowest BCUT2D eigenvalue weighted by Crippen LogP contribution is -2.44. The maximum absolute atomic E-state index is 13.4. The first-order chi connectivity index (χ1) is 12.6. The zero-order valence-corrected chi connectivity index (χ0v) is 14.7. The van der Waals surface area contributed by atoms with Gasteiger partial charge in [0, 0.05) is 0 Å². The van der Waals surface area contributed by atoms with Crippen molar-refractivity contribution < 1.29 is 31.9 Å². The van der Waals surface area contributed by atoms with Gasteiger partial charge in [-0.1, -0.05) is 29.3 Å². The number of hydrogen-bond acceptors (Lipinski definition) is 3. The Bertz CT molecular complexity index is 875. The number of amides is 2. The highest BCUT2D eigenvalue weighted by atomic mass is 35.5. The quantitative estimate of drug-likeness (QED) is 0.443. The molecular formula is C16H10Cl2F4N2O3. The second-order valence-electron chi connectivity index (χ2n) is 5.06. The Labute approximate surface area is 160 Å². The summed E-state index contributed by atoms with van der Waals surface area (Å²) in [5.41, 5.74) is 2.71. The van der Waals surface area contributed by atoms with Crippen LogP contribution in [0.5, 0.6) is 5.75 Å². The molecule has 2 aromatic rings. The van der Waals surface area contributed by atoms with E-state index in [1.165, 1.54) is 6.07 Å². The maximum Gasteiger partial charge on any atom is 0.416 e. The van der Waals surface area contributed by atoms with Crippen LogP contribution in [0.4, 0.5) is 17.6 Å². The van der Waals surface area contributed by atoms with Crippen LogP contribution < -0.4 is 15.6 Å². The fourth-order valence-electron chi connectivity index (χ4n) is 1.84. The Morgan fingerprint density at radius 2 is 1.74 bits per heavy atom. The van der Waals surface area contributed by atoms with Gasteiger partial charge in [0.25, 0.3) is 11.8 Å². The number of carbonyl (C=O) groups excluding carboxylic acids is 2. The molecule has 2 N–H and O–H groups in total. The van der Waals surface area contributed by atoms with Crippen molar-refractivity contribution in [2.75, 3.05) is 6.61 Å². The second kappa shape index (κ2) is 8.45. The number of alkyl halides is 3. The predicted molar refractivity (Wildman–Crippen MR) is 89.0 cm³/mol. The van der Waals surface area contributed by atoms with Crippen molar-refractivity contribution in [3.8, 4) is 5.75 Å². The van der Waals surface area contributed by atoms with E-state index in [4.69, 9.17) is 27.9 Å². The molecule has 0 fully saturated rings. The van der Waals surface area contributed by atoms with Gasteiger partial charge in [0.05, 0.1) is 21.2 Å². The average Bonchev–Trinajstić information content (AvgIpc) is 2.60. The molecule has 0 heterocycles. The number of benzene rings is 2. The number of carbonyl (C=O) groups is 2. The molecule has 0 aliphatic heterocycles. The summed E-state index contributed by atoms with van der Waals surface area (Å²) >= 11 is 11.3. The van der Waals surface area contributed by atoms with E-state index in [1.54, 1.807) is 0 Å². The van der Waals surface area contributed by atoms with Crippen LogP contribution in [-0.2, 0) is 11.0 Å². The SMILES string of the molecule is O=C(COc1cccc(C(F)(F)F)c1)NNC(=O)c1cc(F)c(Cl)cc1Cl. The Morgan fingerprint density at radius 3 is 2.41 bits per heavy atom. The van der Waals surface area contributed by atoms with Crippen molar-refractivity contribution in [3.05, 3.63) is 63.4 Å². The number of ether oxygens (including phenoxy) is 1. The van der Waals surface area contributed by atoms with Crippen molar-refractivity contribution in [1.29, 1.82) is 0 Å². The van der Waals surface area contributed by atoms with E-state index >= 15 is 0 Å². The van der Waals surface area contributed by atoms with Gasteiger partial charge in [0.2, 0.25) is 0 Å². The summed E-state index contributed by atoms with van der Waals surface area (Å²) in [6.45, 7) is -0.676. The third kappa shape index (κ3) is 5.73. The molecule has 0 bridgehead atoms. The molecule has 0 aliphatic carbocycles. The number of halogens is 6. The molecule has 11 heteroatoms. The molecule has 2 rings (SSSR count). The van der Waals surface area contributed by atoms with Gasteiger partial charge >= 0.3 is 6.18 Å². The summed E-state index contributed by atoms with van der Waals surface area (Å²) in [6, 6.07) is 5.73. The van der Waals surface area contributed by atoms with Gasteiger partial charge < -0.3 is 4.74 Å². The molecule has 0 unspecified atom stereocenters. The first-order valence-corrected chi connectivity index (χ1v) is 7.87. The minimum atomic E-state index is -4.55. The highest BCUT2D eigenvalue weighted by molar-refractivity contribution is 6.36. The smallest absolute Gasteiger partial charge is 0.416 e. The Morgan fingerprint density at radius 1 is 1.04 bits per heavy atom. The van der Waals surface area contributed by atoms with Gasteiger partial charge in [0.15, 0.2) is 6.61 Å². The Kier molecular flexibility index (Phi) is 6.50. The zero-order valence-electron chi connectivity index (χ0n) is 13.2. The molecule has 0 aromatic heterocycles. The monoisotopic (exact) mass is 424 g/mol. The third-order valence-electron chi connectivity index (χ3n) is 3.10. The topological polar surface area (TPSA) is 67.4 Å². The van der Waals surface area contributed by atoms with Crippen molar-refractivity contribution in [3.63, 3.8) is 0 Å². The molecule has 5 nitrogen and oxygen atoms in total. The fourth-order valence-corrected chi connectivity index (χ4v) is 2.31. The zero-order chi connectivity index (χ0) is 20.2. The predicted octanol–water partition coefficient (Wildman–Crippen LogP) is 3.99. The van der Waals surface area contributed by atoms with Gasteiger partial charge in [-0.15, -0.1) is 0 Å². The number of hydrazine groups is 1. The van der Waals surface area contributed by atoms with Crippen LogP contribution in [0.3, 0.4) is 0 Å².